The molecule has 0 fully saturated rings. The van der Waals surface area contributed by atoms with Crippen molar-refractivity contribution in [2.24, 2.45) is 0 Å². The Labute approximate surface area is 145 Å². The molecule has 0 aliphatic carbocycles. The first-order valence-corrected chi connectivity index (χ1v) is 6.93. The molecule has 0 spiro atoms. The van der Waals surface area contributed by atoms with Gasteiger partial charge in [-0.25, -0.2) is 0 Å². The summed E-state index contributed by atoms with van der Waals surface area (Å²) in [4.78, 5) is 0. The molecule has 0 aliphatic rings. The number of nitrogens with one attached hydrogen (secondary N) is 2. The van der Waals surface area contributed by atoms with Gasteiger partial charge in [-0.15, -0.1) is 12.4 Å². The maximum absolute atomic E-state index is 3.31. The first-order valence-electron chi connectivity index (χ1n) is 6.93. The van der Waals surface area contributed by atoms with Crippen LogP contribution in [-0.2, 0) is 6.42 Å². The third kappa shape index (κ3) is 16.1. The molecule has 1 rings (SSSR count). The second kappa shape index (κ2) is 15.4. The van der Waals surface area contributed by atoms with Gasteiger partial charge in [-0.2, -0.15) is 0 Å². The first-order chi connectivity index (χ1) is 8.45. The summed E-state index contributed by atoms with van der Waals surface area (Å²) in [6.07, 6.45) is 1.11. The van der Waals surface area contributed by atoms with E-state index in [1.165, 1.54) is 5.56 Å². The Bertz CT molecular complexity index is 292. The largest absolute Gasteiger partial charge is 1.00 e. The molecule has 0 amide bonds. The molecule has 20 heavy (non-hydrogen) atoms. The molecular formula is C16H32ClLiN2. The maximum Gasteiger partial charge on any atom is 1.00 e. The second-order valence-electron chi connectivity index (χ2n) is 5.36. The van der Waals surface area contributed by atoms with Crippen molar-refractivity contribution in [1.29, 1.82) is 0 Å². The predicted octanol–water partition coefficient (Wildman–Crippen LogP) is 0.768. The van der Waals surface area contributed by atoms with Crippen molar-refractivity contribution in [3.8, 4) is 0 Å². The van der Waals surface area contributed by atoms with Crippen LogP contribution in [0.15, 0.2) is 30.3 Å². The molecule has 1 aromatic rings. The molecule has 2 N–H and O–H groups in total. The second-order valence-corrected chi connectivity index (χ2v) is 5.36. The van der Waals surface area contributed by atoms with Gasteiger partial charge in [-0.1, -0.05) is 58.0 Å². The first kappa shape index (κ1) is 25.0. The van der Waals surface area contributed by atoms with Crippen LogP contribution in [0.25, 0.3) is 0 Å². The Morgan fingerprint density at radius 1 is 0.950 bits per heavy atom. The van der Waals surface area contributed by atoms with E-state index in [0.717, 1.165) is 6.42 Å². The van der Waals surface area contributed by atoms with Crippen LogP contribution in [0.4, 0.5) is 0 Å². The number of likely N-dealkylation sites (N-methyl/N-ethyl adjacent to an activating group) is 1. The molecule has 1 atom stereocenters. The molecule has 1 aromatic carbocycles. The van der Waals surface area contributed by atoms with Crippen molar-refractivity contribution in [3.63, 3.8) is 0 Å². The van der Waals surface area contributed by atoms with Gasteiger partial charge >= 0.3 is 18.9 Å². The van der Waals surface area contributed by atoms with Gasteiger partial charge in [0, 0.05) is 18.1 Å². The fourth-order valence-corrected chi connectivity index (χ4v) is 1.74. The topological polar surface area (TPSA) is 24.1 Å². The van der Waals surface area contributed by atoms with E-state index >= 15 is 0 Å². The average molecular weight is 295 g/mol. The monoisotopic (exact) mass is 294 g/mol. The van der Waals surface area contributed by atoms with E-state index in [-0.39, 0.29) is 32.7 Å². The number of rotatable bonds is 5. The SMILES string of the molecule is CC(C)NC(C)C.CN[C@@H](C)Cc1ccccc1.Cl.[H-].[Li+]. The Morgan fingerprint density at radius 2 is 1.40 bits per heavy atom. The Balaban J connectivity index is -0.000000130. The number of hydrogen-bond acceptors (Lipinski definition) is 2. The molecule has 0 heterocycles. The Kier molecular flexibility index (Phi) is 19.3. The van der Waals surface area contributed by atoms with Crippen LogP contribution in [0.1, 0.15) is 41.6 Å². The minimum atomic E-state index is 0. The molecule has 0 radical (unpaired) electrons. The summed E-state index contributed by atoms with van der Waals surface area (Å²) in [6.45, 7) is 10.8. The normalized spacial score (nSPS) is 11.0. The Hall–Kier alpha value is 0.0274. The van der Waals surface area contributed by atoms with Crippen LogP contribution in [0, 0.1) is 0 Å². The molecule has 0 aromatic heterocycles. The van der Waals surface area contributed by atoms with Crippen LogP contribution in [0.3, 0.4) is 0 Å². The molecule has 0 unspecified atom stereocenters. The van der Waals surface area contributed by atoms with Crippen LogP contribution < -0.4 is 29.5 Å². The van der Waals surface area contributed by atoms with E-state index in [1.807, 2.05) is 13.1 Å². The molecule has 0 aliphatic heterocycles. The minimum Gasteiger partial charge on any atom is -1.00 e. The summed E-state index contributed by atoms with van der Waals surface area (Å²) >= 11 is 0. The summed E-state index contributed by atoms with van der Waals surface area (Å²) in [7, 11) is 1.99. The van der Waals surface area contributed by atoms with Gasteiger partial charge in [0.05, 0.1) is 0 Å². The molecule has 2 nitrogen and oxygen atoms in total. The van der Waals surface area contributed by atoms with Gasteiger partial charge in [0.15, 0.2) is 0 Å². The molecule has 0 bridgehead atoms. The van der Waals surface area contributed by atoms with Gasteiger partial charge < -0.3 is 12.1 Å². The molecule has 4 heteroatoms. The summed E-state index contributed by atoms with van der Waals surface area (Å²) < 4.78 is 0. The average Bonchev–Trinajstić information content (AvgIpc) is 2.29. The van der Waals surface area contributed by atoms with Gasteiger partial charge in [0.2, 0.25) is 0 Å². The zero-order valence-electron chi connectivity index (χ0n) is 15.2. The van der Waals surface area contributed by atoms with Gasteiger partial charge in [0.1, 0.15) is 0 Å². The molecular weight excluding hydrogens is 263 g/mol. The van der Waals surface area contributed by atoms with Crippen LogP contribution in [0.5, 0.6) is 0 Å². The van der Waals surface area contributed by atoms with Crippen molar-refractivity contribution in [3.05, 3.63) is 35.9 Å². The number of benzene rings is 1. The molecule has 114 valence electrons. The zero-order chi connectivity index (χ0) is 14.0. The maximum atomic E-state index is 3.31. The molecule has 0 saturated heterocycles. The van der Waals surface area contributed by atoms with Gasteiger partial charge in [0.25, 0.3) is 0 Å². The van der Waals surface area contributed by atoms with Crippen LogP contribution >= 0.6 is 12.4 Å². The summed E-state index contributed by atoms with van der Waals surface area (Å²) in [6, 6.07) is 12.3. The van der Waals surface area contributed by atoms with Gasteiger partial charge in [-0.05, 0) is 26.0 Å². The van der Waals surface area contributed by atoms with E-state index in [9.17, 15) is 0 Å². The van der Waals surface area contributed by atoms with Crippen molar-refractivity contribution in [2.75, 3.05) is 7.05 Å². The number of halogens is 1. The predicted molar refractivity (Wildman–Crippen MR) is 90.4 cm³/mol. The number of hydrogen-bond donors (Lipinski definition) is 2. The van der Waals surface area contributed by atoms with Crippen LogP contribution in [0.2, 0.25) is 0 Å². The summed E-state index contributed by atoms with van der Waals surface area (Å²) in [5.41, 5.74) is 1.40. The fourth-order valence-electron chi connectivity index (χ4n) is 1.74. The van der Waals surface area contributed by atoms with Crippen molar-refractivity contribution >= 4 is 12.4 Å². The summed E-state index contributed by atoms with van der Waals surface area (Å²) in [5, 5.41) is 6.52. The van der Waals surface area contributed by atoms with E-state index in [4.69, 9.17) is 0 Å². The smallest absolute Gasteiger partial charge is 1.00 e. The van der Waals surface area contributed by atoms with Crippen molar-refractivity contribution in [2.45, 2.75) is 59.2 Å². The van der Waals surface area contributed by atoms with E-state index in [0.29, 0.717) is 18.1 Å². The van der Waals surface area contributed by atoms with Crippen LogP contribution in [-0.4, -0.2) is 25.2 Å². The third-order valence-electron chi connectivity index (χ3n) is 2.54. The summed E-state index contributed by atoms with van der Waals surface area (Å²) in [5.74, 6) is 0. The van der Waals surface area contributed by atoms with E-state index in [2.05, 4.69) is 69.5 Å². The van der Waals surface area contributed by atoms with Crippen molar-refractivity contribution < 1.29 is 20.3 Å². The van der Waals surface area contributed by atoms with E-state index in [1.54, 1.807) is 0 Å². The minimum absolute atomic E-state index is 0. The Morgan fingerprint density at radius 3 is 1.70 bits per heavy atom. The van der Waals surface area contributed by atoms with Crippen molar-refractivity contribution in [1.82, 2.24) is 10.6 Å². The fraction of sp³-hybridized carbons (Fsp3) is 0.625. The zero-order valence-corrected chi connectivity index (χ0v) is 15.1. The molecule has 0 saturated carbocycles. The van der Waals surface area contributed by atoms with Gasteiger partial charge in [-0.3, -0.25) is 0 Å². The van der Waals surface area contributed by atoms with E-state index < -0.39 is 0 Å². The quantitative estimate of drug-likeness (QED) is 0.784. The standard InChI is InChI=1S/C10H15N.C6H15N.ClH.Li.H/c1-9(11-2)8-10-6-4-3-5-7-10;1-5(2)7-6(3)4;;;/h3-7,9,11H,8H2,1-2H3;5-7H,1-4H3;1H;;/q;;;+1;-1/t9-;;;;/m0..../s1. The third-order valence-corrected chi connectivity index (χ3v) is 2.54.